The van der Waals surface area contributed by atoms with Crippen molar-refractivity contribution in [2.45, 2.75) is 12.5 Å². The van der Waals surface area contributed by atoms with E-state index in [0.29, 0.717) is 19.8 Å². The molecule has 1 aromatic rings. The molecule has 1 unspecified atom stereocenters. The highest BCUT2D eigenvalue weighted by molar-refractivity contribution is 5.15. The molecular formula is C12H20N2O2. The molecule has 4 heteroatoms. The van der Waals surface area contributed by atoms with E-state index in [2.05, 4.69) is 17.6 Å². The van der Waals surface area contributed by atoms with Crippen LogP contribution >= 0.6 is 0 Å². The Bertz CT molecular complexity index is 267. The van der Waals surface area contributed by atoms with Crippen LogP contribution in [0.5, 0.6) is 0 Å². The van der Waals surface area contributed by atoms with E-state index in [1.54, 1.807) is 7.11 Å². The van der Waals surface area contributed by atoms with Crippen molar-refractivity contribution in [2.75, 3.05) is 26.9 Å². The summed E-state index contributed by atoms with van der Waals surface area (Å²) in [5, 5.41) is 0. The summed E-state index contributed by atoms with van der Waals surface area (Å²) in [5.74, 6) is 5.47. The fourth-order valence-corrected chi connectivity index (χ4v) is 1.43. The second kappa shape index (κ2) is 8.24. The first kappa shape index (κ1) is 13.1. The van der Waals surface area contributed by atoms with Crippen LogP contribution in [-0.4, -0.2) is 33.0 Å². The molecule has 0 heterocycles. The van der Waals surface area contributed by atoms with Crippen LogP contribution in [0.2, 0.25) is 0 Å². The Morgan fingerprint density at radius 3 is 2.62 bits per heavy atom. The van der Waals surface area contributed by atoms with Crippen molar-refractivity contribution >= 4 is 0 Å². The standard InChI is InChI=1S/C12H20N2O2/c1-15-7-8-16-10-12(14-13)9-11-5-3-2-4-6-11/h2-6,12,14H,7-10,13H2,1H3. The average Bonchev–Trinajstić information content (AvgIpc) is 2.34. The summed E-state index contributed by atoms with van der Waals surface area (Å²) >= 11 is 0. The number of methoxy groups -OCH3 is 1. The van der Waals surface area contributed by atoms with Crippen LogP contribution in [-0.2, 0) is 15.9 Å². The molecule has 90 valence electrons. The zero-order valence-corrected chi connectivity index (χ0v) is 9.69. The highest BCUT2D eigenvalue weighted by atomic mass is 16.5. The van der Waals surface area contributed by atoms with Gasteiger partial charge in [-0.3, -0.25) is 11.3 Å². The van der Waals surface area contributed by atoms with Crippen LogP contribution in [0.25, 0.3) is 0 Å². The van der Waals surface area contributed by atoms with E-state index in [-0.39, 0.29) is 6.04 Å². The van der Waals surface area contributed by atoms with Crippen LogP contribution in [0.3, 0.4) is 0 Å². The van der Waals surface area contributed by atoms with Gasteiger partial charge in [0, 0.05) is 13.2 Å². The zero-order chi connectivity index (χ0) is 11.6. The Balaban J connectivity index is 2.26. The third kappa shape index (κ3) is 5.23. The van der Waals surface area contributed by atoms with Gasteiger partial charge in [-0.15, -0.1) is 0 Å². The minimum absolute atomic E-state index is 0.138. The highest BCUT2D eigenvalue weighted by Crippen LogP contribution is 2.02. The Kier molecular flexibility index (Phi) is 6.76. The van der Waals surface area contributed by atoms with Gasteiger partial charge in [0.05, 0.1) is 19.8 Å². The molecule has 3 N–H and O–H groups in total. The molecule has 1 atom stereocenters. The first-order chi connectivity index (χ1) is 7.86. The molecule has 4 nitrogen and oxygen atoms in total. The monoisotopic (exact) mass is 224 g/mol. The van der Waals surface area contributed by atoms with Crippen molar-refractivity contribution in [1.82, 2.24) is 5.43 Å². The van der Waals surface area contributed by atoms with Crippen molar-refractivity contribution < 1.29 is 9.47 Å². The number of hydrazine groups is 1. The molecular weight excluding hydrogens is 204 g/mol. The second-order valence-electron chi connectivity index (χ2n) is 3.62. The normalized spacial score (nSPS) is 12.6. The lowest BCUT2D eigenvalue weighted by Crippen LogP contribution is -2.40. The fourth-order valence-electron chi connectivity index (χ4n) is 1.43. The number of rotatable bonds is 8. The third-order valence-electron chi connectivity index (χ3n) is 2.31. The maximum absolute atomic E-state index is 5.47. The van der Waals surface area contributed by atoms with Gasteiger partial charge in [-0.1, -0.05) is 30.3 Å². The van der Waals surface area contributed by atoms with E-state index in [1.165, 1.54) is 5.56 Å². The van der Waals surface area contributed by atoms with Crippen molar-refractivity contribution in [2.24, 2.45) is 5.84 Å². The smallest absolute Gasteiger partial charge is 0.0701 e. The molecule has 0 spiro atoms. The van der Waals surface area contributed by atoms with Gasteiger partial charge in [0.2, 0.25) is 0 Å². The van der Waals surface area contributed by atoms with E-state index in [9.17, 15) is 0 Å². The van der Waals surface area contributed by atoms with Crippen molar-refractivity contribution in [3.8, 4) is 0 Å². The molecule has 16 heavy (non-hydrogen) atoms. The average molecular weight is 224 g/mol. The predicted molar refractivity (Wildman–Crippen MR) is 64.0 cm³/mol. The topological polar surface area (TPSA) is 56.5 Å². The van der Waals surface area contributed by atoms with Crippen LogP contribution in [0.4, 0.5) is 0 Å². The maximum atomic E-state index is 5.47. The van der Waals surface area contributed by atoms with Gasteiger partial charge in [0.25, 0.3) is 0 Å². The lowest BCUT2D eigenvalue weighted by Gasteiger charge is -2.16. The summed E-state index contributed by atoms with van der Waals surface area (Å²) in [6, 6.07) is 10.4. The molecule has 0 saturated carbocycles. The summed E-state index contributed by atoms with van der Waals surface area (Å²) in [6.07, 6.45) is 0.865. The second-order valence-corrected chi connectivity index (χ2v) is 3.62. The number of benzene rings is 1. The van der Waals surface area contributed by atoms with Gasteiger partial charge in [-0.05, 0) is 12.0 Å². The van der Waals surface area contributed by atoms with Crippen LogP contribution < -0.4 is 11.3 Å². The van der Waals surface area contributed by atoms with Gasteiger partial charge < -0.3 is 9.47 Å². The Labute approximate surface area is 96.7 Å². The molecule has 1 rings (SSSR count). The van der Waals surface area contributed by atoms with Crippen LogP contribution in [0.1, 0.15) is 5.56 Å². The van der Waals surface area contributed by atoms with Gasteiger partial charge >= 0.3 is 0 Å². The van der Waals surface area contributed by atoms with E-state index in [4.69, 9.17) is 15.3 Å². The van der Waals surface area contributed by atoms with Crippen LogP contribution in [0, 0.1) is 0 Å². The Morgan fingerprint density at radius 2 is 2.00 bits per heavy atom. The molecule has 0 aliphatic heterocycles. The first-order valence-electron chi connectivity index (χ1n) is 5.43. The number of nitrogens with two attached hydrogens (primary N) is 1. The molecule has 0 fully saturated rings. The molecule has 0 radical (unpaired) electrons. The predicted octanol–water partition coefficient (Wildman–Crippen LogP) is 0.724. The summed E-state index contributed by atoms with van der Waals surface area (Å²) in [5.41, 5.74) is 4.01. The summed E-state index contributed by atoms with van der Waals surface area (Å²) in [6.45, 7) is 1.81. The number of nitrogens with one attached hydrogen (secondary N) is 1. The SMILES string of the molecule is COCCOCC(Cc1ccccc1)NN. The molecule has 0 amide bonds. The van der Waals surface area contributed by atoms with E-state index in [1.807, 2.05) is 18.2 Å². The lowest BCUT2D eigenvalue weighted by molar-refractivity contribution is 0.0587. The van der Waals surface area contributed by atoms with Crippen molar-refractivity contribution in [1.29, 1.82) is 0 Å². The molecule has 1 aromatic carbocycles. The number of hydrogen-bond donors (Lipinski definition) is 2. The summed E-state index contributed by atoms with van der Waals surface area (Å²) < 4.78 is 10.3. The van der Waals surface area contributed by atoms with Crippen molar-refractivity contribution in [3.05, 3.63) is 35.9 Å². The van der Waals surface area contributed by atoms with E-state index < -0.39 is 0 Å². The number of ether oxygens (including phenoxy) is 2. The Morgan fingerprint density at radius 1 is 1.25 bits per heavy atom. The van der Waals surface area contributed by atoms with Gasteiger partial charge in [0.15, 0.2) is 0 Å². The fraction of sp³-hybridized carbons (Fsp3) is 0.500. The molecule has 0 aliphatic rings. The summed E-state index contributed by atoms with van der Waals surface area (Å²) in [7, 11) is 1.66. The quantitative estimate of drug-likeness (QED) is 0.388. The number of hydrogen-bond acceptors (Lipinski definition) is 4. The molecule has 0 saturated heterocycles. The van der Waals surface area contributed by atoms with Crippen molar-refractivity contribution in [3.63, 3.8) is 0 Å². The van der Waals surface area contributed by atoms with Gasteiger partial charge in [-0.25, -0.2) is 0 Å². The lowest BCUT2D eigenvalue weighted by atomic mass is 10.1. The van der Waals surface area contributed by atoms with Crippen LogP contribution in [0.15, 0.2) is 30.3 Å². The summed E-state index contributed by atoms with van der Waals surface area (Å²) in [4.78, 5) is 0. The van der Waals surface area contributed by atoms with Gasteiger partial charge in [0.1, 0.15) is 0 Å². The van der Waals surface area contributed by atoms with E-state index >= 15 is 0 Å². The Hall–Kier alpha value is -0.940. The minimum atomic E-state index is 0.138. The molecule has 0 bridgehead atoms. The maximum Gasteiger partial charge on any atom is 0.0701 e. The first-order valence-corrected chi connectivity index (χ1v) is 5.43. The zero-order valence-electron chi connectivity index (χ0n) is 9.69. The highest BCUT2D eigenvalue weighted by Gasteiger charge is 2.07. The van der Waals surface area contributed by atoms with E-state index in [0.717, 1.165) is 6.42 Å². The largest absolute Gasteiger partial charge is 0.382 e. The molecule has 0 aliphatic carbocycles. The van der Waals surface area contributed by atoms with Gasteiger partial charge in [-0.2, -0.15) is 0 Å². The minimum Gasteiger partial charge on any atom is -0.382 e. The third-order valence-corrected chi connectivity index (χ3v) is 2.31. The molecule has 0 aromatic heterocycles.